The summed E-state index contributed by atoms with van der Waals surface area (Å²) in [6.07, 6.45) is -4.53. The Balaban J connectivity index is 2.69. The molecule has 0 aliphatic rings. The standard InChI is InChI=1S/C19H20F3NO3/c1-4-23(2)18(25)15-7-6-14(19(20,21)22)10-16(15)12-5-8-17(26-3)13(9-12)11-24/h5-10,24H,4,11H2,1-3H3. The number of methoxy groups -OCH3 is 1. The first-order valence-corrected chi connectivity index (χ1v) is 7.97. The molecule has 0 saturated carbocycles. The van der Waals surface area contributed by atoms with E-state index in [0.717, 1.165) is 12.1 Å². The number of hydrogen-bond donors (Lipinski definition) is 1. The molecular formula is C19H20F3NO3. The Bertz CT molecular complexity index is 803. The summed E-state index contributed by atoms with van der Waals surface area (Å²) < 4.78 is 44.6. The zero-order valence-corrected chi connectivity index (χ0v) is 14.7. The third kappa shape index (κ3) is 3.99. The summed E-state index contributed by atoms with van der Waals surface area (Å²) in [6, 6.07) is 7.69. The average molecular weight is 367 g/mol. The Morgan fingerprint density at radius 3 is 2.42 bits per heavy atom. The Kier molecular flexibility index (Phi) is 5.92. The highest BCUT2D eigenvalue weighted by Crippen LogP contribution is 2.36. The van der Waals surface area contributed by atoms with Gasteiger partial charge in [0, 0.05) is 24.7 Å². The fourth-order valence-electron chi connectivity index (χ4n) is 2.56. The Hall–Kier alpha value is -2.54. The third-order valence-electron chi connectivity index (χ3n) is 4.16. The molecule has 0 aromatic heterocycles. The predicted octanol–water partition coefficient (Wildman–Crippen LogP) is 3.97. The zero-order valence-electron chi connectivity index (χ0n) is 14.7. The molecule has 0 aliphatic carbocycles. The number of aliphatic hydroxyl groups is 1. The molecule has 0 unspecified atom stereocenters. The summed E-state index contributed by atoms with van der Waals surface area (Å²) in [7, 11) is 3.01. The highest BCUT2D eigenvalue weighted by Gasteiger charge is 2.32. The van der Waals surface area contributed by atoms with Crippen molar-refractivity contribution < 1.29 is 27.8 Å². The molecule has 7 heteroatoms. The lowest BCUT2D eigenvalue weighted by Crippen LogP contribution is -2.27. The normalized spacial score (nSPS) is 11.3. The Morgan fingerprint density at radius 1 is 1.19 bits per heavy atom. The molecule has 0 aliphatic heterocycles. The second-order valence-electron chi connectivity index (χ2n) is 5.76. The number of nitrogens with zero attached hydrogens (tertiary/aromatic N) is 1. The first-order chi connectivity index (χ1) is 12.2. The van der Waals surface area contributed by atoms with Gasteiger partial charge in [-0.3, -0.25) is 4.79 Å². The van der Waals surface area contributed by atoms with Gasteiger partial charge in [-0.25, -0.2) is 0 Å². The molecule has 0 radical (unpaired) electrons. The average Bonchev–Trinajstić information content (AvgIpc) is 2.64. The van der Waals surface area contributed by atoms with Crippen LogP contribution in [0.15, 0.2) is 36.4 Å². The molecule has 1 amide bonds. The van der Waals surface area contributed by atoms with Crippen LogP contribution in [0.5, 0.6) is 5.75 Å². The number of ether oxygens (including phenoxy) is 1. The molecular weight excluding hydrogens is 347 g/mol. The van der Waals surface area contributed by atoms with Gasteiger partial charge in [0.05, 0.1) is 19.3 Å². The van der Waals surface area contributed by atoms with E-state index in [2.05, 4.69) is 0 Å². The van der Waals surface area contributed by atoms with Crippen LogP contribution in [0.2, 0.25) is 0 Å². The first kappa shape index (κ1) is 19.8. The summed E-state index contributed by atoms with van der Waals surface area (Å²) >= 11 is 0. The van der Waals surface area contributed by atoms with E-state index >= 15 is 0 Å². The molecule has 2 aromatic carbocycles. The fraction of sp³-hybridized carbons (Fsp3) is 0.316. The second-order valence-corrected chi connectivity index (χ2v) is 5.76. The molecule has 1 N–H and O–H groups in total. The van der Waals surface area contributed by atoms with E-state index in [9.17, 15) is 23.1 Å². The van der Waals surface area contributed by atoms with Crippen molar-refractivity contribution in [1.29, 1.82) is 0 Å². The number of hydrogen-bond acceptors (Lipinski definition) is 3. The van der Waals surface area contributed by atoms with Crippen molar-refractivity contribution in [1.82, 2.24) is 4.90 Å². The molecule has 0 saturated heterocycles. The van der Waals surface area contributed by atoms with E-state index in [-0.39, 0.29) is 23.6 Å². The minimum atomic E-state index is -4.53. The van der Waals surface area contributed by atoms with Crippen molar-refractivity contribution in [3.8, 4) is 16.9 Å². The maximum Gasteiger partial charge on any atom is 0.416 e. The summed E-state index contributed by atoms with van der Waals surface area (Å²) in [4.78, 5) is 14.0. The quantitative estimate of drug-likeness (QED) is 0.870. The maximum absolute atomic E-state index is 13.1. The molecule has 0 fully saturated rings. The number of halogens is 3. The van der Waals surface area contributed by atoms with Crippen molar-refractivity contribution in [2.45, 2.75) is 19.7 Å². The molecule has 4 nitrogen and oxygen atoms in total. The van der Waals surface area contributed by atoms with E-state index < -0.39 is 11.7 Å². The van der Waals surface area contributed by atoms with Crippen LogP contribution in [0.4, 0.5) is 13.2 Å². The molecule has 140 valence electrons. The van der Waals surface area contributed by atoms with Gasteiger partial charge >= 0.3 is 6.18 Å². The van der Waals surface area contributed by atoms with E-state index in [1.54, 1.807) is 26.1 Å². The minimum Gasteiger partial charge on any atom is -0.496 e. The number of aliphatic hydroxyl groups excluding tert-OH is 1. The third-order valence-corrected chi connectivity index (χ3v) is 4.16. The lowest BCUT2D eigenvalue weighted by molar-refractivity contribution is -0.137. The molecule has 0 spiro atoms. The summed E-state index contributed by atoms with van der Waals surface area (Å²) in [5.41, 5.74) is 0.293. The highest BCUT2D eigenvalue weighted by molar-refractivity contribution is 6.01. The minimum absolute atomic E-state index is 0.155. The van der Waals surface area contributed by atoms with Gasteiger partial charge in [-0.05, 0) is 48.4 Å². The Labute approximate surface area is 149 Å². The summed E-state index contributed by atoms with van der Waals surface area (Å²) in [5, 5.41) is 9.47. The topological polar surface area (TPSA) is 49.8 Å². The smallest absolute Gasteiger partial charge is 0.416 e. The molecule has 0 heterocycles. The summed E-state index contributed by atoms with van der Waals surface area (Å²) in [5.74, 6) is 0.0411. The SMILES string of the molecule is CCN(C)C(=O)c1ccc(C(F)(F)F)cc1-c1ccc(OC)c(CO)c1. The number of carbonyl (C=O) groups excluding carboxylic acids is 1. The zero-order chi connectivity index (χ0) is 19.5. The monoisotopic (exact) mass is 367 g/mol. The van der Waals surface area contributed by atoms with Crippen LogP contribution in [-0.4, -0.2) is 36.6 Å². The van der Waals surface area contributed by atoms with Crippen molar-refractivity contribution in [2.75, 3.05) is 20.7 Å². The van der Waals surface area contributed by atoms with E-state index in [0.29, 0.717) is 23.4 Å². The molecule has 0 atom stereocenters. The van der Waals surface area contributed by atoms with Gasteiger partial charge < -0.3 is 14.7 Å². The highest BCUT2D eigenvalue weighted by atomic mass is 19.4. The number of rotatable bonds is 5. The fourth-order valence-corrected chi connectivity index (χ4v) is 2.56. The van der Waals surface area contributed by atoms with Gasteiger partial charge in [0.25, 0.3) is 5.91 Å². The van der Waals surface area contributed by atoms with Crippen LogP contribution in [0.1, 0.15) is 28.4 Å². The first-order valence-electron chi connectivity index (χ1n) is 7.97. The maximum atomic E-state index is 13.1. The lowest BCUT2D eigenvalue weighted by Gasteiger charge is -2.19. The van der Waals surface area contributed by atoms with Crippen molar-refractivity contribution in [3.05, 3.63) is 53.1 Å². The van der Waals surface area contributed by atoms with Crippen LogP contribution >= 0.6 is 0 Å². The van der Waals surface area contributed by atoms with Crippen LogP contribution in [0, 0.1) is 0 Å². The van der Waals surface area contributed by atoms with Gasteiger partial charge in [-0.1, -0.05) is 6.07 Å². The number of benzene rings is 2. The van der Waals surface area contributed by atoms with E-state index in [4.69, 9.17) is 4.74 Å². The van der Waals surface area contributed by atoms with Gasteiger partial charge in [0.1, 0.15) is 5.75 Å². The largest absolute Gasteiger partial charge is 0.496 e. The van der Waals surface area contributed by atoms with Crippen LogP contribution in [-0.2, 0) is 12.8 Å². The van der Waals surface area contributed by atoms with Crippen LogP contribution < -0.4 is 4.74 Å². The number of amides is 1. The molecule has 2 rings (SSSR count). The van der Waals surface area contributed by atoms with Crippen LogP contribution in [0.3, 0.4) is 0 Å². The van der Waals surface area contributed by atoms with Crippen molar-refractivity contribution >= 4 is 5.91 Å². The van der Waals surface area contributed by atoms with E-state index in [1.807, 2.05) is 0 Å². The summed E-state index contributed by atoms with van der Waals surface area (Å²) in [6.45, 7) is 1.86. The van der Waals surface area contributed by atoms with Crippen molar-refractivity contribution in [3.63, 3.8) is 0 Å². The molecule has 26 heavy (non-hydrogen) atoms. The Morgan fingerprint density at radius 2 is 1.88 bits per heavy atom. The lowest BCUT2D eigenvalue weighted by atomic mass is 9.94. The number of carbonyl (C=O) groups is 1. The van der Waals surface area contributed by atoms with Gasteiger partial charge in [-0.15, -0.1) is 0 Å². The van der Waals surface area contributed by atoms with Gasteiger partial charge in [0.2, 0.25) is 0 Å². The van der Waals surface area contributed by atoms with Crippen molar-refractivity contribution in [2.24, 2.45) is 0 Å². The predicted molar refractivity (Wildman–Crippen MR) is 92.0 cm³/mol. The second kappa shape index (κ2) is 7.78. The van der Waals surface area contributed by atoms with E-state index in [1.165, 1.54) is 24.1 Å². The molecule has 2 aromatic rings. The molecule has 0 bridgehead atoms. The van der Waals surface area contributed by atoms with Crippen LogP contribution in [0.25, 0.3) is 11.1 Å². The number of alkyl halides is 3. The van der Waals surface area contributed by atoms with Gasteiger partial charge in [-0.2, -0.15) is 13.2 Å². The van der Waals surface area contributed by atoms with Gasteiger partial charge in [0.15, 0.2) is 0 Å².